The predicted octanol–water partition coefficient (Wildman–Crippen LogP) is 4.43. The van der Waals surface area contributed by atoms with Crippen molar-refractivity contribution >= 4 is 33.0 Å². The highest BCUT2D eigenvalue weighted by Crippen LogP contribution is 2.30. The van der Waals surface area contributed by atoms with E-state index in [9.17, 15) is 8.42 Å². The molecular weight excluding hydrogens is 365 g/mol. The first-order valence-electron chi connectivity index (χ1n) is 7.91. The molecule has 0 saturated heterocycles. The zero-order chi connectivity index (χ0) is 17.2. The lowest BCUT2D eigenvalue weighted by Crippen LogP contribution is -2.31. The molecule has 0 radical (unpaired) electrons. The molecule has 1 aliphatic carbocycles. The van der Waals surface area contributed by atoms with Gasteiger partial charge in [-0.15, -0.1) is 0 Å². The molecule has 24 heavy (non-hydrogen) atoms. The number of benzene rings is 2. The van der Waals surface area contributed by atoms with E-state index in [1.165, 1.54) is 0 Å². The van der Waals surface area contributed by atoms with Gasteiger partial charge in [-0.05, 0) is 42.7 Å². The van der Waals surface area contributed by atoms with Crippen molar-refractivity contribution in [3.8, 4) is 0 Å². The molecule has 0 aromatic heterocycles. The predicted molar refractivity (Wildman–Crippen MR) is 98.4 cm³/mol. The van der Waals surface area contributed by atoms with Gasteiger partial charge in [-0.2, -0.15) is 0 Å². The molecule has 0 N–H and O–H groups in total. The SMILES string of the molecule is O=S(=O)(CCN(Cc1ccc(Cl)c(Cl)c1)C1CC1)c1ccccc1. The fourth-order valence-corrected chi connectivity index (χ4v) is 4.29. The van der Waals surface area contributed by atoms with Crippen LogP contribution in [0.2, 0.25) is 10.0 Å². The molecule has 128 valence electrons. The summed E-state index contributed by atoms with van der Waals surface area (Å²) < 4.78 is 24.9. The Balaban J connectivity index is 1.67. The lowest BCUT2D eigenvalue weighted by Gasteiger charge is -2.22. The van der Waals surface area contributed by atoms with Crippen LogP contribution in [0.4, 0.5) is 0 Å². The summed E-state index contributed by atoms with van der Waals surface area (Å²) in [4.78, 5) is 2.61. The zero-order valence-electron chi connectivity index (χ0n) is 13.2. The molecular formula is C18H19Cl2NO2S. The summed E-state index contributed by atoms with van der Waals surface area (Å²) in [6.07, 6.45) is 2.24. The van der Waals surface area contributed by atoms with Crippen molar-refractivity contribution in [3.05, 3.63) is 64.1 Å². The van der Waals surface area contributed by atoms with E-state index in [2.05, 4.69) is 4.90 Å². The van der Waals surface area contributed by atoms with Crippen molar-refractivity contribution in [1.29, 1.82) is 0 Å². The normalized spacial score (nSPS) is 15.0. The Morgan fingerprint density at radius 3 is 2.33 bits per heavy atom. The molecule has 0 atom stereocenters. The van der Waals surface area contributed by atoms with Gasteiger partial charge in [-0.1, -0.05) is 47.5 Å². The van der Waals surface area contributed by atoms with Gasteiger partial charge in [0.2, 0.25) is 0 Å². The van der Waals surface area contributed by atoms with Crippen LogP contribution in [0.3, 0.4) is 0 Å². The maximum atomic E-state index is 12.5. The van der Waals surface area contributed by atoms with Gasteiger partial charge in [0.1, 0.15) is 0 Å². The number of sulfone groups is 1. The van der Waals surface area contributed by atoms with E-state index >= 15 is 0 Å². The fourth-order valence-electron chi connectivity index (χ4n) is 2.69. The first-order chi connectivity index (χ1) is 11.5. The minimum Gasteiger partial charge on any atom is -0.295 e. The number of hydrogen-bond acceptors (Lipinski definition) is 3. The topological polar surface area (TPSA) is 37.4 Å². The quantitative estimate of drug-likeness (QED) is 0.709. The molecule has 0 bridgehead atoms. The largest absolute Gasteiger partial charge is 0.295 e. The van der Waals surface area contributed by atoms with Crippen LogP contribution in [-0.4, -0.2) is 31.7 Å². The van der Waals surface area contributed by atoms with Crippen molar-refractivity contribution in [1.82, 2.24) is 4.90 Å². The summed E-state index contributed by atoms with van der Waals surface area (Å²) in [5.74, 6) is 0.120. The minimum atomic E-state index is -3.26. The van der Waals surface area contributed by atoms with E-state index in [4.69, 9.17) is 23.2 Å². The van der Waals surface area contributed by atoms with Gasteiger partial charge >= 0.3 is 0 Å². The summed E-state index contributed by atoms with van der Waals surface area (Å²) in [6.45, 7) is 1.20. The first kappa shape index (κ1) is 17.7. The Morgan fingerprint density at radius 1 is 1.00 bits per heavy atom. The summed E-state index contributed by atoms with van der Waals surface area (Å²) in [7, 11) is -3.26. The second-order valence-electron chi connectivity index (χ2n) is 6.08. The number of hydrogen-bond donors (Lipinski definition) is 0. The molecule has 1 aliphatic rings. The van der Waals surface area contributed by atoms with Gasteiger partial charge < -0.3 is 0 Å². The van der Waals surface area contributed by atoms with E-state index in [-0.39, 0.29) is 5.75 Å². The van der Waals surface area contributed by atoms with E-state index in [1.54, 1.807) is 30.3 Å². The van der Waals surface area contributed by atoms with Crippen molar-refractivity contribution in [3.63, 3.8) is 0 Å². The van der Waals surface area contributed by atoms with Crippen LogP contribution in [0, 0.1) is 0 Å². The van der Waals surface area contributed by atoms with Crippen LogP contribution in [0.25, 0.3) is 0 Å². The van der Waals surface area contributed by atoms with Gasteiger partial charge in [-0.3, -0.25) is 4.90 Å². The Kier molecular flexibility index (Phi) is 5.50. The van der Waals surface area contributed by atoms with Crippen LogP contribution >= 0.6 is 23.2 Å². The van der Waals surface area contributed by atoms with Gasteiger partial charge in [-0.25, -0.2) is 8.42 Å². The van der Waals surface area contributed by atoms with Crippen LogP contribution in [0.5, 0.6) is 0 Å². The summed E-state index contributed by atoms with van der Waals surface area (Å²) in [5, 5.41) is 1.06. The van der Waals surface area contributed by atoms with Gasteiger partial charge in [0.15, 0.2) is 9.84 Å². The van der Waals surface area contributed by atoms with E-state index in [0.717, 1.165) is 18.4 Å². The van der Waals surface area contributed by atoms with Crippen LogP contribution in [0.1, 0.15) is 18.4 Å². The summed E-state index contributed by atoms with van der Waals surface area (Å²) in [6, 6.07) is 14.7. The summed E-state index contributed by atoms with van der Waals surface area (Å²) in [5.41, 5.74) is 1.05. The number of nitrogens with zero attached hydrogens (tertiary/aromatic N) is 1. The summed E-state index contributed by atoms with van der Waals surface area (Å²) >= 11 is 12.0. The molecule has 1 fully saturated rings. The Bertz CT molecular complexity index is 805. The van der Waals surface area contributed by atoms with Crippen molar-refractivity contribution in [2.45, 2.75) is 30.3 Å². The molecule has 3 rings (SSSR count). The smallest absolute Gasteiger partial charge is 0.179 e. The number of halogens is 2. The molecule has 0 spiro atoms. The van der Waals surface area contributed by atoms with Crippen LogP contribution in [0.15, 0.2) is 53.4 Å². The molecule has 0 unspecified atom stereocenters. The Morgan fingerprint density at radius 2 is 1.71 bits per heavy atom. The standard InChI is InChI=1S/C18H19Cl2NO2S/c19-17-9-6-14(12-18(17)20)13-21(15-7-8-15)10-11-24(22,23)16-4-2-1-3-5-16/h1-6,9,12,15H,7-8,10-11,13H2. The average Bonchev–Trinajstić information content (AvgIpc) is 3.40. The Labute approximate surface area is 153 Å². The molecule has 1 saturated carbocycles. The first-order valence-corrected chi connectivity index (χ1v) is 10.3. The zero-order valence-corrected chi connectivity index (χ0v) is 15.5. The molecule has 6 heteroatoms. The Hall–Kier alpha value is -1.07. The third kappa shape index (κ3) is 4.51. The van der Waals surface area contributed by atoms with Gasteiger partial charge in [0.05, 0.1) is 20.7 Å². The van der Waals surface area contributed by atoms with Crippen molar-refractivity contribution in [2.24, 2.45) is 0 Å². The van der Waals surface area contributed by atoms with Crippen molar-refractivity contribution in [2.75, 3.05) is 12.3 Å². The number of rotatable bonds is 7. The molecule has 2 aromatic rings. The monoisotopic (exact) mass is 383 g/mol. The minimum absolute atomic E-state index is 0.120. The lowest BCUT2D eigenvalue weighted by molar-refractivity contribution is 0.270. The lowest BCUT2D eigenvalue weighted by atomic mass is 10.2. The molecule has 0 aliphatic heterocycles. The van der Waals surface area contributed by atoms with E-state index in [0.29, 0.717) is 34.1 Å². The molecule has 0 amide bonds. The average molecular weight is 384 g/mol. The third-order valence-electron chi connectivity index (χ3n) is 4.18. The highest BCUT2D eigenvalue weighted by atomic mass is 35.5. The molecule has 3 nitrogen and oxygen atoms in total. The highest BCUT2D eigenvalue weighted by Gasteiger charge is 2.30. The maximum Gasteiger partial charge on any atom is 0.179 e. The second kappa shape index (κ2) is 7.44. The third-order valence-corrected chi connectivity index (χ3v) is 6.63. The van der Waals surface area contributed by atoms with Gasteiger partial charge in [0, 0.05) is 19.1 Å². The van der Waals surface area contributed by atoms with Crippen molar-refractivity contribution < 1.29 is 8.42 Å². The highest BCUT2D eigenvalue weighted by molar-refractivity contribution is 7.91. The molecule has 0 heterocycles. The van der Waals surface area contributed by atoms with E-state index in [1.807, 2.05) is 18.2 Å². The second-order valence-corrected chi connectivity index (χ2v) is 9.01. The van der Waals surface area contributed by atoms with Crippen LogP contribution < -0.4 is 0 Å². The van der Waals surface area contributed by atoms with Crippen LogP contribution in [-0.2, 0) is 16.4 Å². The molecule has 2 aromatic carbocycles. The maximum absolute atomic E-state index is 12.5. The van der Waals surface area contributed by atoms with E-state index < -0.39 is 9.84 Å². The fraction of sp³-hybridized carbons (Fsp3) is 0.333. The van der Waals surface area contributed by atoms with Gasteiger partial charge in [0.25, 0.3) is 0 Å².